The first-order valence-electron chi connectivity index (χ1n) is 11.5. The van der Waals surface area contributed by atoms with E-state index in [-0.39, 0.29) is 17.3 Å². The predicted molar refractivity (Wildman–Crippen MR) is 145 cm³/mol. The van der Waals surface area contributed by atoms with Crippen molar-refractivity contribution in [3.8, 4) is 0 Å². The number of aryl methyl sites for hydroxylation is 4. The fourth-order valence-electron chi connectivity index (χ4n) is 3.82. The maximum absolute atomic E-state index is 13.2. The van der Waals surface area contributed by atoms with Crippen molar-refractivity contribution >= 4 is 43.3 Å². The molecule has 1 heterocycles. The zero-order valence-electron chi connectivity index (χ0n) is 21.6. The quantitative estimate of drug-likeness (QED) is 0.418. The normalized spacial score (nSPS) is 12.6. The van der Waals surface area contributed by atoms with Crippen molar-refractivity contribution in [1.29, 1.82) is 0 Å². The summed E-state index contributed by atoms with van der Waals surface area (Å²) in [5.41, 5.74) is 3.86. The number of carbonyl (C=O) groups excluding carboxylic acids is 1. The Bertz CT molecular complexity index is 1500. The molecule has 0 aliphatic carbocycles. The fraction of sp³-hybridized carbons (Fsp3) is 0.320. The number of hydrogen-bond donors (Lipinski definition) is 2. The number of hydrogen-bond acceptors (Lipinski definition) is 7. The summed E-state index contributed by atoms with van der Waals surface area (Å²) in [5, 5.41) is 2.70. The van der Waals surface area contributed by atoms with Crippen LogP contribution in [0.4, 0.5) is 17.3 Å². The van der Waals surface area contributed by atoms with Gasteiger partial charge < -0.3 is 5.32 Å². The van der Waals surface area contributed by atoms with Crippen molar-refractivity contribution in [2.45, 2.75) is 52.0 Å². The van der Waals surface area contributed by atoms with Crippen LogP contribution in [0.1, 0.15) is 35.9 Å². The molecule has 2 N–H and O–H groups in total. The maximum Gasteiger partial charge on any atom is 0.264 e. The molecular formula is C25H31N5O5S2. The summed E-state index contributed by atoms with van der Waals surface area (Å²) in [5.74, 6) is -0.573. The summed E-state index contributed by atoms with van der Waals surface area (Å²) in [4.78, 5) is 21.3. The minimum absolute atomic E-state index is 0.0344. The zero-order valence-corrected chi connectivity index (χ0v) is 23.2. The van der Waals surface area contributed by atoms with Crippen molar-refractivity contribution < 1.29 is 21.6 Å². The van der Waals surface area contributed by atoms with Crippen molar-refractivity contribution in [3.63, 3.8) is 0 Å². The highest BCUT2D eigenvalue weighted by molar-refractivity contribution is 7.92. The number of nitrogens with one attached hydrogen (secondary N) is 2. The van der Waals surface area contributed by atoms with Crippen molar-refractivity contribution in [1.82, 2.24) is 9.97 Å². The minimum atomic E-state index is -3.96. The van der Waals surface area contributed by atoms with Gasteiger partial charge in [-0.25, -0.2) is 31.5 Å². The minimum Gasteiger partial charge on any atom is -0.324 e. The van der Waals surface area contributed by atoms with Crippen LogP contribution >= 0.6 is 0 Å². The van der Waals surface area contributed by atoms with Gasteiger partial charge in [0.1, 0.15) is 6.04 Å². The summed E-state index contributed by atoms with van der Waals surface area (Å²) in [6, 6.07) is 11.5. The molecule has 1 aromatic heterocycles. The van der Waals surface area contributed by atoms with Gasteiger partial charge in [0.25, 0.3) is 10.0 Å². The van der Waals surface area contributed by atoms with Crippen LogP contribution in [-0.2, 0) is 24.8 Å². The molecule has 3 aromatic rings. The Kier molecular flexibility index (Phi) is 8.23. The first-order valence-corrected chi connectivity index (χ1v) is 14.9. The van der Waals surface area contributed by atoms with Crippen LogP contribution in [0.3, 0.4) is 0 Å². The Balaban J connectivity index is 1.82. The number of benzene rings is 2. The first-order chi connectivity index (χ1) is 17.2. The largest absolute Gasteiger partial charge is 0.324 e. The molecule has 0 aliphatic heterocycles. The van der Waals surface area contributed by atoms with Gasteiger partial charge in [-0.1, -0.05) is 13.0 Å². The van der Waals surface area contributed by atoms with Crippen LogP contribution in [0.2, 0.25) is 0 Å². The van der Waals surface area contributed by atoms with Gasteiger partial charge >= 0.3 is 0 Å². The van der Waals surface area contributed by atoms with Crippen LogP contribution in [0.5, 0.6) is 0 Å². The molecule has 3 rings (SSSR count). The highest BCUT2D eigenvalue weighted by Crippen LogP contribution is 2.26. The highest BCUT2D eigenvalue weighted by atomic mass is 32.2. The van der Waals surface area contributed by atoms with Crippen LogP contribution in [0.25, 0.3) is 0 Å². The first kappa shape index (κ1) is 28.1. The molecule has 12 heteroatoms. The lowest BCUT2D eigenvalue weighted by molar-refractivity contribution is -0.117. The van der Waals surface area contributed by atoms with Crippen LogP contribution in [0, 0.1) is 27.7 Å². The van der Waals surface area contributed by atoms with Gasteiger partial charge in [-0.3, -0.25) is 9.10 Å². The Morgan fingerprint density at radius 2 is 1.49 bits per heavy atom. The van der Waals surface area contributed by atoms with E-state index in [1.165, 1.54) is 24.3 Å². The summed E-state index contributed by atoms with van der Waals surface area (Å²) in [6.45, 7) is 8.98. The van der Waals surface area contributed by atoms with Gasteiger partial charge in [0.2, 0.25) is 21.9 Å². The second-order valence-corrected chi connectivity index (χ2v) is 12.4. The third kappa shape index (κ3) is 6.83. The molecule has 2 aromatic carbocycles. The van der Waals surface area contributed by atoms with E-state index < -0.39 is 32.0 Å². The molecule has 0 radical (unpaired) electrons. The van der Waals surface area contributed by atoms with Gasteiger partial charge in [-0.15, -0.1) is 0 Å². The predicted octanol–water partition coefficient (Wildman–Crippen LogP) is 3.69. The zero-order chi connectivity index (χ0) is 27.5. The number of anilines is 3. The Hall–Kier alpha value is -3.51. The molecule has 198 valence electrons. The highest BCUT2D eigenvalue weighted by Gasteiger charge is 2.32. The maximum atomic E-state index is 13.2. The number of aromatic nitrogens is 2. The number of carbonyl (C=O) groups is 1. The van der Waals surface area contributed by atoms with E-state index in [0.29, 0.717) is 22.8 Å². The lowest BCUT2D eigenvalue weighted by Gasteiger charge is -2.30. The molecule has 0 aliphatic rings. The van der Waals surface area contributed by atoms with Crippen LogP contribution in [-0.4, -0.2) is 45.0 Å². The summed E-state index contributed by atoms with van der Waals surface area (Å²) >= 11 is 0. The van der Waals surface area contributed by atoms with E-state index >= 15 is 0 Å². The molecule has 0 unspecified atom stereocenters. The average Bonchev–Trinajstić information content (AvgIpc) is 2.77. The number of amides is 1. The van der Waals surface area contributed by atoms with Crippen LogP contribution in [0.15, 0.2) is 53.4 Å². The van der Waals surface area contributed by atoms with E-state index in [2.05, 4.69) is 20.0 Å². The topological polar surface area (TPSA) is 138 Å². The third-order valence-corrected chi connectivity index (χ3v) is 8.24. The molecule has 0 saturated carbocycles. The molecule has 1 amide bonds. The standard InChI is InChI=1S/C25H31N5O5S2/c1-7-23(30(36(6,32)33)21-11-8-16(2)17(3)14-21)24(31)28-20-9-12-22(13-10-20)37(34,35)29-25-26-18(4)15-19(5)27-25/h8-15,23H,7H2,1-6H3,(H,28,31)(H,26,27,29)/t23-/m1/s1. The van der Waals surface area contributed by atoms with Gasteiger partial charge in [-0.2, -0.15) is 0 Å². The number of nitrogens with zero attached hydrogens (tertiary/aromatic N) is 3. The SMILES string of the molecule is CC[C@H](C(=O)Nc1ccc(S(=O)(=O)Nc2nc(C)cc(C)n2)cc1)N(c1ccc(C)c(C)c1)S(C)(=O)=O. The molecule has 10 nitrogen and oxygen atoms in total. The second-order valence-electron chi connectivity index (χ2n) is 8.84. The Morgan fingerprint density at radius 3 is 2.00 bits per heavy atom. The van der Waals surface area contributed by atoms with E-state index in [4.69, 9.17) is 0 Å². The lowest BCUT2D eigenvalue weighted by Crippen LogP contribution is -2.47. The fourth-order valence-corrected chi connectivity index (χ4v) is 5.96. The Labute approximate surface area is 218 Å². The van der Waals surface area contributed by atoms with Crippen molar-refractivity contribution in [3.05, 3.63) is 71.0 Å². The third-order valence-electron chi connectivity index (χ3n) is 5.71. The molecule has 0 saturated heterocycles. The van der Waals surface area contributed by atoms with Gasteiger partial charge in [0.05, 0.1) is 16.8 Å². The monoisotopic (exact) mass is 545 g/mol. The van der Waals surface area contributed by atoms with Gasteiger partial charge in [0, 0.05) is 17.1 Å². The molecular weight excluding hydrogens is 514 g/mol. The summed E-state index contributed by atoms with van der Waals surface area (Å²) in [7, 11) is -7.75. The molecule has 0 fully saturated rings. The number of rotatable bonds is 9. The van der Waals surface area contributed by atoms with Crippen molar-refractivity contribution in [2.75, 3.05) is 20.6 Å². The van der Waals surface area contributed by atoms with E-state index in [1.807, 2.05) is 19.9 Å². The van der Waals surface area contributed by atoms with E-state index in [1.54, 1.807) is 39.0 Å². The number of sulfonamides is 2. The van der Waals surface area contributed by atoms with Crippen molar-refractivity contribution in [2.24, 2.45) is 0 Å². The smallest absolute Gasteiger partial charge is 0.264 e. The molecule has 1 atom stereocenters. The van der Waals surface area contributed by atoms with Gasteiger partial charge in [0.15, 0.2) is 0 Å². The molecule has 0 spiro atoms. The second kappa shape index (κ2) is 10.9. The van der Waals surface area contributed by atoms with Gasteiger partial charge in [-0.05, 0) is 87.7 Å². The lowest BCUT2D eigenvalue weighted by atomic mass is 10.1. The van der Waals surface area contributed by atoms with Crippen LogP contribution < -0.4 is 14.3 Å². The van der Waals surface area contributed by atoms with E-state index in [0.717, 1.165) is 21.7 Å². The average molecular weight is 546 g/mol. The molecule has 0 bridgehead atoms. The van der Waals surface area contributed by atoms with E-state index in [9.17, 15) is 21.6 Å². The summed E-state index contributed by atoms with van der Waals surface area (Å²) < 4.78 is 54.4. The Morgan fingerprint density at radius 1 is 0.892 bits per heavy atom. The molecule has 37 heavy (non-hydrogen) atoms. The summed E-state index contributed by atoms with van der Waals surface area (Å²) in [6.07, 6.45) is 1.28.